The zero-order chi connectivity index (χ0) is 11.1. The van der Waals surface area contributed by atoms with Crippen molar-refractivity contribution >= 4 is 6.09 Å². The second-order valence-electron chi connectivity index (χ2n) is 4.80. The maximum absolute atomic E-state index is 10.9. The number of nitrogens with zero attached hydrogens (tertiary/aromatic N) is 1. The van der Waals surface area contributed by atoms with E-state index in [9.17, 15) is 15.0 Å². The lowest BCUT2D eigenvalue weighted by Gasteiger charge is -2.34. The third-order valence-electron chi connectivity index (χ3n) is 2.57. The van der Waals surface area contributed by atoms with E-state index < -0.39 is 24.3 Å². The average molecular weight is 203 g/mol. The van der Waals surface area contributed by atoms with E-state index in [1.165, 1.54) is 0 Å². The molecule has 0 aromatic carbocycles. The number of β-amino-alcohol motifs (C(OH)–C–C–N with tert-alkyl or cyclic N) is 1. The number of amides is 1. The number of aliphatic hydroxyl groups excluding tert-OH is 2. The molecule has 0 spiro atoms. The molecule has 1 aliphatic rings. The van der Waals surface area contributed by atoms with Crippen LogP contribution in [0.15, 0.2) is 0 Å². The zero-order valence-corrected chi connectivity index (χ0v) is 8.64. The first-order valence-corrected chi connectivity index (χ1v) is 4.61. The molecule has 5 nitrogen and oxygen atoms in total. The van der Waals surface area contributed by atoms with Crippen LogP contribution < -0.4 is 0 Å². The van der Waals surface area contributed by atoms with E-state index >= 15 is 0 Å². The number of likely N-dealkylation sites (tertiary alicyclic amines) is 1. The largest absolute Gasteiger partial charge is 0.465 e. The van der Waals surface area contributed by atoms with Gasteiger partial charge in [-0.05, 0) is 5.41 Å². The van der Waals surface area contributed by atoms with E-state index in [0.29, 0.717) is 0 Å². The van der Waals surface area contributed by atoms with Gasteiger partial charge < -0.3 is 15.3 Å². The summed E-state index contributed by atoms with van der Waals surface area (Å²) in [5, 5.41) is 27.9. The molecular formula is C9H17NO4. The van der Waals surface area contributed by atoms with Crippen molar-refractivity contribution in [3.63, 3.8) is 0 Å². The minimum absolute atomic E-state index is 0.0154. The highest BCUT2D eigenvalue weighted by Gasteiger charge is 2.48. The number of carbonyl (C=O) groups is 1. The number of rotatable bonds is 0. The van der Waals surface area contributed by atoms with Gasteiger partial charge in [-0.25, -0.2) is 4.79 Å². The van der Waals surface area contributed by atoms with Gasteiger partial charge >= 0.3 is 6.09 Å². The molecule has 0 aliphatic carbocycles. The molecule has 0 aromatic heterocycles. The molecule has 82 valence electrons. The van der Waals surface area contributed by atoms with Crippen LogP contribution in [0.4, 0.5) is 4.79 Å². The lowest BCUT2D eigenvalue weighted by Crippen LogP contribution is -2.47. The standard InChI is InChI=1S/C9H17NO4/c1-9(2,3)7-6(12)5(11)4-10(7)8(13)14/h5-7,11-12H,4H2,1-3H3,(H,13,14)/t5-,6+,7?/m0/s1. The van der Waals surface area contributed by atoms with Crippen molar-refractivity contribution in [2.75, 3.05) is 6.54 Å². The highest BCUT2D eigenvalue weighted by atomic mass is 16.4. The Hall–Kier alpha value is -0.810. The van der Waals surface area contributed by atoms with Crippen LogP contribution in [0.1, 0.15) is 20.8 Å². The van der Waals surface area contributed by atoms with Gasteiger partial charge in [-0.1, -0.05) is 20.8 Å². The minimum Gasteiger partial charge on any atom is -0.465 e. The van der Waals surface area contributed by atoms with Gasteiger partial charge in [-0.15, -0.1) is 0 Å². The van der Waals surface area contributed by atoms with E-state index in [-0.39, 0.29) is 12.0 Å². The number of aliphatic hydroxyl groups is 2. The van der Waals surface area contributed by atoms with Gasteiger partial charge in [0.2, 0.25) is 0 Å². The normalized spacial score (nSPS) is 33.5. The smallest absolute Gasteiger partial charge is 0.407 e. The summed E-state index contributed by atoms with van der Waals surface area (Å²) in [7, 11) is 0. The van der Waals surface area contributed by atoms with E-state index in [1.807, 2.05) is 20.8 Å². The van der Waals surface area contributed by atoms with Gasteiger partial charge in [0.15, 0.2) is 0 Å². The van der Waals surface area contributed by atoms with E-state index in [1.54, 1.807) is 0 Å². The van der Waals surface area contributed by atoms with Crippen LogP contribution in [0.3, 0.4) is 0 Å². The molecule has 5 heteroatoms. The molecule has 1 amide bonds. The summed E-state index contributed by atoms with van der Waals surface area (Å²) >= 11 is 0. The molecule has 1 saturated heterocycles. The molecule has 1 fully saturated rings. The highest BCUT2D eigenvalue weighted by Crippen LogP contribution is 2.33. The molecule has 1 unspecified atom stereocenters. The monoisotopic (exact) mass is 203 g/mol. The third-order valence-corrected chi connectivity index (χ3v) is 2.57. The molecule has 0 bridgehead atoms. The second kappa shape index (κ2) is 3.40. The van der Waals surface area contributed by atoms with Crippen LogP contribution in [0, 0.1) is 5.41 Å². The zero-order valence-electron chi connectivity index (χ0n) is 8.64. The topological polar surface area (TPSA) is 81.0 Å². The van der Waals surface area contributed by atoms with Crippen LogP contribution in [-0.2, 0) is 0 Å². The van der Waals surface area contributed by atoms with Crippen LogP contribution in [0.5, 0.6) is 0 Å². The van der Waals surface area contributed by atoms with Crippen molar-refractivity contribution in [3.05, 3.63) is 0 Å². The summed E-state index contributed by atoms with van der Waals surface area (Å²) in [6, 6.07) is -0.546. The van der Waals surface area contributed by atoms with Crippen LogP contribution in [-0.4, -0.2) is 51.1 Å². The van der Waals surface area contributed by atoms with Crippen molar-refractivity contribution < 1.29 is 20.1 Å². The first kappa shape index (κ1) is 11.3. The van der Waals surface area contributed by atoms with Crippen LogP contribution >= 0.6 is 0 Å². The Bertz CT molecular complexity index is 235. The summed E-state index contributed by atoms with van der Waals surface area (Å²) in [6.45, 7) is 5.51. The fourth-order valence-corrected chi connectivity index (χ4v) is 1.99. The van der Waals surface area contributed by atoms with Gasteiger partial charge in [0.1, 0.15) is 6.10 Å². The van der Waals surface area contributed by atoms with Gasteiger partial charge in [-0.2, -0.15) is 0 Å². The fraction of sp³-hybridized carbons (Fsp3) is 0.889. The molecular weight excluding hydrogens is 186 g/mol. The Morgan fingerprint density at radius 2 is 1.86 bits per heavy atom. The number of hydrogen-bond donors (Lipinski definition) is 3. The van der Waals surface area contributed by atoms with Crippen LogP contribution in [0.25, 0.3) is 0 Å². The van der Waals surface area contributed by atoms with Crippen molar-refractivity contribution in [1.29, 1.82) is 0 Å². The Morgan fingerprint density at radius 1 is 1.36 bits per heavy atom. The molecule has 0 saturated carbocycles. The third kappa shape index (κ3) is 1.83. The molecule has 1 rings (SSSR count). The first-order chi connectivity index (χ1) is 6.25. The first-order valence-electron chi connectivity index (χ1n) is 4.61. The summed E-state index contributed by atoms with van der Waals surface area (Å²) in [5.41, 5.74) is -0.380. The Kier molecular flexibility index (Phi) is 2.74. The quantitative estimate of drug-likeness (QED) is 0.522. The maximum atomic E-state index is 10.9. The SMILES string of the molecule is CC(C)(C)C1[C@H](O)[C@@H](O)CN1C(=O)O. The highest BCUT2D eigenvalue weighted by molar-refractivity contribution is 5.66. The Morgan fingerprint density at radius 3 is 2.14 bits per heavy atom. The van der Waals surface area contributed by atoms with Crippen molar-refractivity contribution in [2.24, 2.45) is 5.41 Å². The van der Waals surface area contributed by atoms with Crippen molar-refractivity contribution in [1.82, 2.24) is 4.90 Å². The summed E-state index contributed by atoms with van der Waals surface area (Å²) in [5.74, 6) is 0. The van der Waals surface area contributed by atoms with Crippen molar-refractivity contribution in [2.45, 2.75) is 39.0 Å². The van der Waals surface area contributed by atoms with Gasteiger partial charge in [0, 0.05) is 0 Å². The molecule has 3 N–H and O–H groups in total. The minimum atomic E-state index is -1.10. The summed E-state index contributed by atoms with van der Waals surface area (Å²) in [6.07, 6.45) is -3.07. The van der Waals surface area contributed by atoms with E-state index in [2.05, 4.69) is 0 Å². The molecule has 14 heavy (non-hydrogen) atoms. The van der Waals surface area contributed by atoms with Crippen LogP contribution in [0.2, 0.25) is 0 Å². The van der Waals surface area contributed by atoms with Gasteiger partial charge in [0.25, 0.3) is 0 Å². The average Bonchev–Trinajstić information content (AvgIpc) is 2.27. The molecule has 1 aliphatic heterocycles. The molecule has 0 radical (unpaired) electrons. The Balaban J connectivity index is 2.93. The van der Waals surface area contributed by atoms with Crippen molar-refractivity contribution in [3.8, 4) is 0 Å². The van der Waals surface area contributed by atoms with Gasteiger partial charge in [-0.3, -0.25) is 4.90 Å². The van der Waals surface area contributed by atoms with E-state index in [4.69, 9.17) is 5.11 Å². The number of hydrogen-bond acceptors (Lipinski definition) is 3. The predicted octanol–water partition coefficient (Wildman–Crippen LogP) is 0.116. The Labute approximate surface area is 83.0 Å². The summed E-state index contributed by atoms with van der Waals surface area (Å²) < 4.78 is 0. The lowest BCUT2D eigenvalue weighted by molar-refractivity contribution is 0.00712. The molecule has 3 atom stereocenters. The maximum Gasteiger partial charge on any atom is 0.407 e. The summed E-state index contributed by atoms with van der Waals surface area (Å²) in [4.78, 5) is 12.0. The number of carboxylic acid groups (broad SMARTS) is 1. The van der Waals surface area contributed by atoms with E-state index in [0.717, 1.165) is 4.90 Å². The molecule has 0 aromatic rings. The lowest BCUT2D eigenvalue weighted by atomic mass is 9.83. The van der Waals surface area contributed by atoms with Gasteiger partial charge in [0.05, 0.1) is 18.7 Å². The fourth-order valence-electron chi connectivity index (χ4n) is 1.99. The second-order valence-corrected chi connectivity index (χ2v) is 4.80. The predicted molar refractivity (Wildman–Crippen MR) is 50.0 cm³/mol. The molecule has 1 heterocycles.